The van der Waals surface area contributed by atoms with Crippen LogP contribution in [0.5, 0.6) is 5.19 Å². The van der Waals surface area contributed by atoms with Gasteiger partial charge < -0.3 is 14.7 Å². The number of halogens is 1. The fraction of sp³-hybridized carbons (Fsp3) is 0.455. The Bertz CT molecular complexity index is 1510. The lowest BCUT2D eigenvalue weighted by atomic mass is 9.90. The quantitative estimate of drug-likeness (QED) is 0.304. The van der Waals surface area contributed by atoms with Crippen molar-refractivity contribution in [2.75, 3.05) is 6.54 Å². The average molecular weight is 652 g/mol. The number of aromatic nitrogens is 1. The molecule has 42 heavy (non-hydrogen) atoms. The molecule has 2 aromatic carbocycles. The predicted molar refractivity (Wildman–Crippen MR) is 166 cm³/mol. The van der Waals surface area contributed by atoms with Crippen molar-refractivity contribution in [1.82, 2.24) is 9.88 Å². The van der Waals surface area contributed by atoms with E-state index in [9.17, 15) is 19.5 Å². The first-order valence-electron chi connectivity index (χ1n) is 14.8. The third-order valence-corrected chi connectivity index (χ3v) is 10.4. The van der Waals surface area contributed by atoms with E-state index in [4.69, 9.17) is 4.74 Å². The van der Waals surface area contributed by atoms with Crippen molar-refractivity contribution in [2.24, 2.45) is 17.3 Å². The Morgan fingerprint density at radius 1 is 1.14 bits per heavy atom. The third-order valence-electron chi connectivity index (χ3n) is 9.03. The first kappa shape index (κ1) is 29.1. The largest absolute Gasteiger partial charge is 0.481 e. The van der Waals surface area contributed by atoms with Crippen LogP contribution in [-0.4, -0.2) is 51.3 Å². The molecule has 2 fully saturated rings. The van der Waals surface area contributed by atoms with Crippen LogP contribution < -0.4 is 4.74 Å². The van der Waals surface area contributed by atoms with Crippen LogP contribution in [0.1, 0.15) is 56.9 Å². The van der Waals surface area contributed by atoms with Gasteiger partial charge >= 0.3 is 5.97 Å². The van der Waals surface area contributed by atoms with Gasteiger partial charge in [0.15, 0.2) is 5.78 Å². The number of carbonyl (C=O) groups excluding carboxylic acids is 2. The van der Waals surface area contributed by atoms with Gasteiger partial charge in [0.2, 0.25) is 5.91 Å². The highest BCUT2D eigenvalue weighted by Crippen LogP contribution is 2.57. The molecule has 0 radical (unpaired) electrons. The maximum Gasteiger partial charge on any atom is 0.310 e. The van der Waals surface area contributed by atoms with E-state index in [-0.39, 0.29) is 36.5 Å². The van der Waals surface area contributed by atoms with Gasteiger partial charge in [-0.1, -0.05) is 82.6 Å². The molecule has 1 saturated heterocycles. The van der Waals surface area contributed by atoms with Crippen molar-refractivity contribution >= 4 is 55.1 Å². The van der Waals surface area contributed by atoms with E-state index < -0.39 is 23.5 Å². The molecule has 1 saturated carbocycles. The van der Waals surface area contributed by atoms with Crippen molar-refractivity contribution in [1.29, 1.82) is 0 Å². The van der Waals surface area contributed by atoms with E-state index in [1.165, 1.54) is 11.3 Å². The van der Waals surface area contributed by atoms with Crippen LogP contribution in [-0.2, 0) is 20.8 Å². The van der Waals surface area contributed by atoms with Crippen LogP contribution in [0.15, 0.2) is 65.2 Å². The minimum Gasteiger partial charge on any atom is -0.481 e. The predicted octanol–water partition coefficient (Wildman–Crippen LogP) is 6.84. The van der Waals surface area contributed by atoms with Crippen LogP contribution in [0, 0.1) is 17.3 Å². The summed E-state index contributed by atoms with van der Waals surface area (Å²) in [6.45, 7) is 0.281. The summed E-state index contributed by atoms with van der Waals surface area (Å²) < 4.78 is 8.26. The molecule has 5 atom stereocenters. The number of ether oxygens (including phenoxy) is 1. The Morgan fingerprint density at radius 3 is 2.79 bits per heavy atom. The highest BCUT2D eigenvalue weighted by Gasteiger charge is 2.61. The van der Waals surface area contributed by atoms with Crippen molar-refractivity contribution in [2.45, 2.75) is 69.9 Å². The number of carboxylic acids is 1. The average Bonchev–Trinajstić information content (AvgIpc) is 3.29. The molecule has 3 aromatic rings. The van der Waals surface area contributed by atoms with Crippen molar-refractivity contribution in [3.63, 3.8) is 0 Å². The van der Waals surface area contributed by atoms with Gasteiger partial charge in [-0.15, -0.1) is 0 Å². The standard InChI is InChI=1S/C33H35BrN2O5S/c34-24-13-14-26-29(16-24)42-32(35-26)41-25-17-27-28(37)19-33(31(39)40)18-23(33)12-8-3-1-2-7-11-22(30(38)36(27)20-25)15-21-9-5-4-6-10-21/h4-6,8-10,12-14,16,22-23,25,27H,1-3,7,11,15,17-20H2,(H,39,40)/b12-8-/t22-,23+,25-,27+,33-/m1/s1. The summed E-state index contributed by atoms with van der Waals surface area (Å²) in [4.78, 5) is 46.9. The fourth-order valence-corrected chi connectivity index (χ4v) is 8.01. The number of Topliss-reactive ketones (excluding diaryl/α,β-unsaturated/α-hetero) is 1. The molecule has 0 spiro atoms. The van der Waals surface area contributed by atoms with Crippen LogP contribution in [0.4, 0.5) is 0 Å². The number of rotatable bonds is 5. The summed E-state index contributed by atoms with van der Waals surface area (Å²) in [5.41, 5.74) is 0.848. The Labute approximate surface area is 258 Å². The number of aliphatic carboxylic acids is 1. The van der Waals surface area contributed by atoms with Gasteiger partial charge in [0, 0.05) is 23.2 Å². The van der Waals surface area contributed by atoms with Crippen LogP contribution in [0.25, 0.3) is 10.2 Å². The van der Waals surface area contributed by atoms with Crippen molar-refractivity contribution in [3.05, 3.63) is 70.7 Å². The Hall–Kier alpha value is -3.04. The first-order valence-corrected chi connectivity index (χ1v) is 16.4. The zero-order valence-corrected chi connectivity index (χ0v) is 25.8. The van der Waals surface area contributed by atoms with E-state index in [1.54, 1.807) is 4.90 Å². The van der Waals surface area contributed by atoms with Crippen molar-refractivity contribution in [3.8, 4) is 5.19 Å². The first-order chi connectivity index (χ1) is 20.3. The Kier molecular flexibility index (Phi) is 8.50. The number of carbonyl (C=O) groups is 3. The lowest BCUT2D eigenvalue weighted by molar-refractivity contribution is -0.147. The number of allylic oxidation sites excluding steroid dienone is 2. The minimum atomic E-state index is -1.08. The molecular formula is C33H35BrN2O5S. The van der Waals surface area contributed by atoms with Crippen LogP contribution in [0.3, 0.4) is 0 Å². The summed E-state index contributed by atoms with van der Waals surface area (Å²) >= 11 is 4.94. The molecule has 0 unspecified atom stereocenters. The number of nitrogens with zero attached hydrogens (tertiary/aromatic N) is 2. The molecule has 1 amide bonds. The molecule has 220 valence electrons. The molecule has 6 rings (SSSR count). The van der Waals surface area contributed by atoms with E-state index in [0.29, 0.717) is 24.5 Å². The maximum atomic E-state index is 14.3. The van der Waals surface area contributed by atoms with Gasteiger partial charge in [-0.3, -0.25) is 14.4 Å². The highest BCUT2D eigenvalue weighted by molar-refractivity contribution is 9.10. The summed E-state index contributed by atoms with van der Waals surface area (Å²) in [7, 11) is 0. The number of carboxylic acid groups (broad SMARTS) is 1. The van der Waals surface area contributed by atoms with Gasteiger partial charge in [0.25, 0.3) is 5.19 Å². The smallest absolute Gasteiger partial charge is 0.310 e. The molecule has 2 aliphatic heterocycles. The molecule has 7 nitrogen and oxygen atoms in total. The number of amides is 1. The lowest BCUT2D eigenvalue weighted by Crippen LogP contribution is -2.45. The zero-order valence-electron chi connectivity index (χ0n) is 23.4. The molecule has 9 heteroatoms. The topological polar surface area (TPSA) is 96.8 Å². The molecule has 0 bridgehead atoms. The molecule has 1 aliphatic carbocycles. The van der Waals surface area contributed by atoms with E-state index in [0.717, 1.165) is 52.4 Å². The van der Waals surface area contributed by atoms with Crippen LogP contribution >= 0.6 is 27.3 Å². The second-order valence-electron chi connectivity index (χ2n) is 11.9. The third kappa shape index (κ3) is 6.18. The molecule has 1 aromatic heterocycles. The second kappa shape index (κ2) is 12.3. The number of thiazole rings is 1. The maximum absolute atomic E-state index is 14.3. The lowest BCUT2D eigenvalue weighted by Gasteiger charge is -2.29. The number of hydrogen-bond donors (Lipinski definition) is 1. The van der Waals surface area contributed by atoms with Crippen LogP contribution in [0.2, 0.25) is 0 Å². The Balaban J connectivity index is 1.28. The van der Waals surface area contributed by atoms with Gasteiger partial charge in [0.1, 0.15) is 6.10 Å². The number of fused-ring (bicyclic) bond motifs is 3. The van der Waals surface area contributed by atoms with Gasteiger partial charge in [0.05, 0.1) is 28.2 Å². The number of hydrogen-bond acceptors (Lipinski definition) is 6. The van der Waals surface area contributed by atoms with E-state index in [1.807, 2.05) is 54.6 Å². The van der Waals surface area contributed by atoms with Gasteiger partial charge in [-0.2, -0.15) is 0 Å². The summed E-state index contributed by atoms with van der Waals surface area (Å²) in [6.07, 6.45) is 9.54. The number of benzene rings is 2. The SMILES string of the molecule is O=C1C[C@]2(C(=O)O)C[C@@H]2/C=C\CCCCC[C@H](Cc2ccccc2)C(=O)N2C[C@H](Oc3nc4ccc(Br)cc4s3)C[C@@H]12. The van der Waals surface area contributed by atoms with Gasteiger partial charge in [-0.25, -0.2) is 4.98 Å². The number of ketones is 1. The zero-order chi connectivity index (χ0) is 29.3. The minimum absolute atomic E-state index is 0.0405. The fourth-order valence-electron chi connectivity index (χ4n) is 6.58. The van der Waals surface area contributed by atoms with E-state index in [2.05, 4.69) is 27.0 Å². The summed E-state index contributed by atoms with van der Waals surface area (Å²) in [5.74, 6) is -1.56. The van der Waals surface area contributed by atoms with E-state index >= 15 is 0 Å². The molecule has 3 aliphatic rings. The normalized spacial score (nSPS) is 29.3. The van der Waals surface area contributed by atoms with Crippen molar-refractivity contribution < 1.29 is 24.2 Å². The Morgan fingerprint density at radius 2 is 1.98 bits per heavy atom. The molecule has 1 N–H and O–H groups in total. The second-order valence-corrected chi connectivity index (χ2v) is 13.9. The van der Waals surface area contributed by atoms with Gasteiger partial charge in [-0.05, 0) is 61.8 Å². The monoisotopic (exact) mass is 650 g/mol. The molecular weight excluding hydrogens is 616 g/mol. The highest BCUT2D eigenvalue weighted by atomic mass is 79.9. The molecule has 3 heterocycles. The summed E-state index contributed by atoms with van der Waals surface area (Å²) in [5, 5.41) is 10.6. The summed E-state index contributed by atoms with van der Waals surface area (Å²) in [6, 6.07) is 15.2.